The van der Waals surface area contributed by atoms with Crippen LogP contribution in [-0.4, -0.2) is 56.7 Å². The summed E-state index contributed by atoms with van der Waals surface area (Å²) in [7, 11) is 0. The molecule has 0 amide bonds. The highest BCUT2D eigenvalue weighted by atomic mass is 16.1. The molecule has 8 nitrogen and oxygen atoms in total. The average Bonchev–Trinajstić information content (AvgIpc) is 2.73. The Balaban J connectivity index is 1.41. The van der Waals surface area contributed by atoms with Crippen LogP contribution in [0.5, 0.6) is 0 Å². The second-order valence-corrected chi connectivity index (χ2v) is 7.69. The molecular formula is C21H26N6O2. The SMILES string of the molecule is CC(C)n1cnc2cc(N3CCN(CCn4ccncc4=O)CC3)ccc2c1=O. The lowest BCUT2D eigenvalue weighted by molar-refractivity contribution is 0.247. The molecule has 8 heteroatoms. The molecule has 0 saturated carbocycles. The van der Waals surface area contributed by atoms with Gasteiger partial charge in [0.25, 0.3) is 11.1 Å². The van der Waals surface area contributed by atoms with Gasteiger partial charge in [0.15, 0.2) is 0 Å². The van der Waals surface area contributed by atoms with Crippen molar-refractivity contribution in [3.8, 4) is 0 Å². The highest BCUT2D eigenvalue weighted by molar-refractivity contribution is 5.81. The maximum Gasteiger partial charge on any atom is 0.269 e. The molecule has 1 aliphatic heterocycles. The van der Waals surface area contributed by atoms with E-state index in [4.69, 9.17) is 0 Å². The summed E-state index contributed by atoms with van der Waals surface area (Å²) < 4.78 is 3.35. The first-order valence-corrected chi connectivity index (χ1v) is 10.0. The minimum atomic E-state index is -0.0636. The number of hydrogen-bond acceptors (Lipinski definition) is 6. The smallest absolute Gasteiger partial charge is 0.269 e. The van der Waals surface area contributed by atoms with Gasteiger partial charge in [-0.3, -0.25) is 24.0 Å². The van der Waals surface area contributed by atoms with Crippen molar-refractivity contribution in [1.29, 1.82) is 0 Å². The van der Waals surface area contributed by atoms with Crippen molar-refractivity contribution in [1.82, 2.24) is 24.0 Å². The fraction of sp³-hybridized carbons (Fsp3) is 0.429. The Hall–Kier alpha value is -3.00. The summed E-state index contributed by atoms with van der Waals surface area (Å²) in [5.41, 5.74) is 1.78. The maximum atomic E-state index is 12.6. The van der Waals surface area contributed by atoms with E-state index < -0.39 is 0 Å². The summed E-state index contributed by atoms with van der Waals surface area (Å²) in [5, 5.41) is 0.659. The largest absolute Gasteiger partial charge is 0.369 e. The molecule has 1 saturated heterocycles. The summed E-state index contributed by atoms with van der Waals surface area (Å²) in [4.78, 5) is 37.4. The van der Waals surface area contributed by atoms with E-state index in [1.807, 2.05) is 32.0 Å². The monoisotopic (exact) mass is 394 g/mol. The van der Waals surface area contributed by atoms with Crippen LogP contribution in [0.1, 0.15) is 19.9 Å². The molecule has 4 rings (SSSR count). The van der Waals surface area contributed by atoms with Crippen molar-refractivity contribution < 1.29 is 0 Å². The van der Waals surface area contributed by atoms with Gasteiger partial charge in [0.1, 0.15) is 0 Å². The molecule has 29 heavy (non-hydrogen) atoms. The molecule has 1 fully saturated rings. The Bertz CT molecular complexity index is 1110. The summed E-state index contributed by atoms with van der Waals surface area (Å²) in [6.45, 7) is 9.14. The van der Waals surface area contributed by atoms with Crippen molar-refractivity contribution in [2.45, 2.75) is 26.4 Å². The molecule has 2 aromatic heterocycles. The van der Waals surface area contributed by atoms with Gasteiger partial charge in [-0.25, -0.2) is 4.98 Å². The zero-order chi connectivity index (χ0) is 20.4. The fourth-order valence-electron chi connectivity index (χ4n) is 3.73. The third-order valence-corrected chi connectivity index (χ3v) is 5.52. The second-order valence-electron chi connectivity index (χ2n) is 7.69. The predicted octanol–water partition coefficient (Wildman–Crippen LogP) is 1.36. The third kappa shape index (κ3) is 4.07. The van der Waals surface area contributed by atoms with E-state index in [1.165, 1.54) is 6.20 Å². The Morgan fingerprint density at radius 3 is 2.59 bits per heavy atom. The lowest BCUT2D eigenvalue weighted by atomic mass is 10.2. The van der Waals surface area contributed by atoms with E-state index in [1.54, 1.807) is 27.9 Å². The van der Waals surface area contributed by atoms with E-state index in [-0.39, 0.29) is 17.2 Å². The van der Waals surface area contributed by atoms with Crippen LogP contribution in [0, 0.1) is 0 Å². The molecule has 0 unspecified atom stereocenters. The number of hydrogen-bond donors (Lipinski definition) is 0. The molecule has 152 valence electrons. The first-order valence-electron chi connectivity index (χ1n) is 10.0. The van der Waals surface area contributed by atoms with Gasteiger partial charge in [-0.05, 0) is 32.0 Å². The van der Waals surface area contributed by atoms with Gasteiger partial charge in [0.2, 0.25) is 0 Å². The van der Waals surface area contributed by atoms with Gasteiger partial charge in [0.05, 0.1) is 23.4 Å². The minimum absolute atomic E-state index is 0.00715. The number of fused-ring (bicyclic) bond motifs is 1. The Labute approximate surface area is 169 Å². The number of anilines is 1. The van der Waals surface area contributed by atoms with Crippen LogP contribution < -0.4 is 16.0 Å². The maximum absolute atomic E-state index is 12.6. The van der Waals surface area contributed by atoms with Crippen LogP contribution in [0.25, 0.3) is 10.9 Å². The molecule has 3 heterocycles. The Morgan fingerprint density at radius 1 is 1.07 bits per heavy atom. The Morgan fingerprint density at radius 2 is 1.86 bits per heavy atom. The standard InChI is InChI=1S/C21H26N6O2/c1-16(2)27-15-23-19-13-17(3-4-18(19)21(27)29)25-10-7-24(8-11-25)9-12-26-6-5-22-14-20(26)28/h3-6,13-16H,7-12H2,1-2H3. The first kappa shape index (κ1) is 19.3. The van der Waals surface area contributed by atoms with Crippen molar-refractivity contribution in [3.63, 3.8) is 0 Å². The van der Waals surface area contributed by atoms with Gasteiger partial charge in [0, 0.05) is 63.4 Å². The molecule has 0 spiro atoms. The number of benzene rings is 1. The van der Waals surface area contributed by atoms with E-state index in [0.29, 0.717) is 11.9 Å². The van der Waals surface area contributed by atoms with Crippen molar-refractivity contribution >= 4 is 16.6 Å². The normalized spacial score (nSPS) is 15.3. The molecule has 1 aliphatic rings. The van der Waals surface area contributed by atoms with E-state index in [0.717, 1.165) is 43.9 Å². The third-order valence-electron chi connectivity index (χ3n) is 5.52. The fourth-order valence-corrected chi connectivity index (χ4v) is 3.73. The number of rotatable bonds is 5. The summed E-state index contributed by atoms with van der Waals surface area (Å²) in [5.74, 6) is 0. The number of aromatic nitrogens is 4. The minimum Gasteiger partial charge on any atom is -0.369 e. The van der Waals surface area contributed by atoms with Crippen LogP contribution in [0.2, 0.25) is 0 Å². The summed E-state index contributed by atoms with van der Waals surface area (Å²) in [6.07, 6.45) is 6.36. The lowest BCUT2D eigenvalue weighted by Gasteiger charge is -2.36. The molecule has 0 atom stereocenters. The molecule has 0 bridgehead atoms. The molecule has 0 radical (unpaired) electrons. The topological polar surface area (TPSA) is 76.3 Å². The number of nitrogens with zero attached hydrogens (tertiary/aromatic N) is 6. The zero-order valence-electron chi connectivity index (χ0n) is 16.9. The van der Waals surface area contributed by atoms with E-state index >= 15 is 0 Å². The first-order chi connectivity index (χ1) is 14.0. The molecular weight excluding hydrogens is 368 g/mol. The van der Waals surface area contributed by atoms with Crippen molar-refractivity contribution in [2.75, 3.05) is 37.6 Å². The van der Waals surface area contributed by atoms with Crippen LogP contribution in [0.4, 0.5) is 5.69 Å². The van der Waals surface area contributed by atoms with Gasteiger partial charge in [-0.1, -0.05) is 0 Å². The van der Waals surface area contributed by atoms with Gasteiger partial charge >= 0.3 is 0 Å². The van der Waals surface area contributed by atoms with Gasteiger partial charge in [-0.2, -0.15) is 0 Å². The predicted molar refractivity (Wildman–Crippen MR) is 114 cm³/mol. The summed E-state index contributed by atoms with van der Waals surface area (Å²) in [6, 6.07) is 6.01. The molecule has 0 aliphatic carbocycles. The van der Waals surface area contributed by atoms with Gasteiger partial charge < -0.3 is 9.47 Å². The molecule has 0 N–H and O–H groups in total. The van der Waals surface area contributed by atoms with Crippen molar-refractivity contribution in [2.24, 2.45) is 0 Å². The number of piperazine rings is 1. The average molecular weight is 394 g/mol. The van der Waals surface area contributed by atoms with E-state index in [9.17, 15) is 9.59 Å². The van der Waals surface area contributed by atoms with Crippen molar-refractivity contribution in [3.05, 3.63) is 63.8 Å². The zero-order valence-corrected chi connectivity index (χ0v) is 16.9. The summed E-state index contributed by atoms with van der Waals surface area (Å²) >= 11 is 0. The lowest BCUT2D eigenvalue weighted by Crippen LogP contribution is -2.47. The molecule has 1 aromatic carbocycles. The van der Waals surface area contributed by atoms with E-state index in [2.05, 4.69) is 19.8 Å². The Kier molecular flexibility index (Phi) is 5.44. The highest BCUT2D eigenvalue weighted by Gasteiger charge is 2.18. The van der Waals surface area contributed by atoms with Crippen LogP contribution in [0.3, 0.4) is 0 Å². The van der Waals surface area contributed by atoms with Crippen LogP contribution >= 0.6 is 0 Å². The quantitative estimate of drug-likeness (QED) is 0.650. The second kappa shape index (κ2) is 8.16. The van der Waals surface area contributed by atoms with Crippen LogP contribution in [0.15, 0.2) is 52.7 Å². The van der Waals surface area contributed by atoms with Crippen LogP contribution in [-0.2, 0) is 6.54 Å². The highest BCUT2D eigenvalue weighted by Crippen LogP contribution is 2.20. The van der Waals surface area contributed by atoms with Gasteiger partial charge in [-0.15, -0.1) is 0 Å². The molecule has 3 aromatic rings.